The first-order valence-corrected chi connectivity index (χ1v) is 6.76. The van der Waals surface area contributed by atoms with Crippen molar-refractivity contribution in [1.29, 1.82) is 0 Å². The van der Waals surface area contributed by atoms with Gasteiger partial charge in [0.25, 0.3) is 0 Å². The SMILES string of the molecule is CCC(O)c1cn(CC(=O)Nc2nc(C)cs2)nn1. The maximum atomic E-state index is 11.7. The molecule has 102 valence electrons. The van der Waals surface area contributed by atoms with Crippen LogP contribution in [0.2, 0.25) is 0 Å². The van der Waals surface area contributed by atoms with Gasteiger partial charge in [0.2, 0.25) is 5.91 Å². The minimum Gasteiger partial charge on any atom is -0.387 e. The van der Waals surface area contributed by atoms with Crippen LogP contribution in [-0.2, 0) is 11.3 Å². The summed E-state index contributed by atoms with van der Waals surface area (Å²) >= 11 is 1.37. The summed E-state index contributed by atoms with van der Waals surface area (Å²) in [6.45, 7) is 3.76. The normalized spacial score (nSPS) is 12.4. The summed E-state index contributed by atoms with van der Waals surface area (Å²) in [5, 5.41) is 22.3. The zero-order chi connectivity index (χ0) is 13.8. The predicted octanol–water partition coefficient (Wildman–Crippen LogP) is 1.13. The molecule has 1 unspecified atom stereocenters. The van der Waals surface area contributed by atoms with E-state index in [0.29, 0.717) is 17.2 Å². The van der Waals surface area contributed by atoms with Gasteiger partial charge in [-0.1, -0.05) is 12.1 Å². The summed E-state index contributed by atoms with van der Waals surface area (Å²) < 4.78 is 1.39. The van der Waals surface area contributed by atoms with Crippen LogP contribution in [0.1, 0.15) is 30.8 Å². The Morgan fingerprint density at radius 3 is 3.05 bits per heavy atom. The molecular formula is C11H15N5O2S. The third kappa shape index (κ3) is 3.58. The number of hydrogen-bond acceptors (Lipinski definition) is 6. The highest BCUT2D eigenvalue weighted by Gasteiger charge is 2.12. The highest BCUT2D eigenvalue weighted by molar-refractivity contribution is 7.13. The topological polar surface area (TPSA) is 92.9 Å². The van der Waals surface area contributed by atoms with Gasteiger partial charge >= 0.3 is 0 Å². The molecule has 1 amide bonds. The number of aliphatic hydroxyl groups is 1. The summed E-state index contributed by atoms with van der Waals surface area (Å²) in [4.78, 5) is 15.9. The van der Waals surface area contributed by atoms with Gasteiger partial charge in [-0.3, -0.25) is 4.79 Å². The maximum Gasteiger partial charge on any atom is 0.247 e. The van der Waals surface area contributed by atoms with Crippen molar-refractivity contribution < 1.29 is 9.90 Å². The number of aliphatic hydroxyl groups excluding tert-OH is 1. The van der Waals surface area contributed by atoms with Crippen molar-refractivity contribution >= 4 is 22.4 Å². The maximum absolute atomic E-state index is 11.7. The van der Waals surface area contributed by atoms with E-state index in [1.54, 1.807) is 6.20 Å². The largest absolute Gasteiger partial charge is 0.387 e. The van der Waals surface area contributed by atoms with Gasteiger partial charge in [-0.2, -0.15) is 0 Å². The third-order valence-corrected chi connectivity index (χ3v) is 3.33. The average Bonchev–Trinajstić information content (AvgIpc) is 2.98. The van der Waals surface area contributed by atoms with Crippen LogP contribution in [0.3, 0.4) is 0 Å². The summed E-state index contributed by atoms with van der Waals surface area (Å²) in [5.74, 6) is -0.225. The molecule has 2 heterocycles. The molecule has 0 aliphatic carbocycles. The number of anilines is 1. The fourth-order valence-electron chi connectivity index (χ4n) is 1.47. The number of aromatic nitrogens is 4. The molecular weight excluding hydrogens is 266 g/mol. The predicted molar refractivity (Wildman–Crippen MR) is 70.8 cm³/mol. The molecule has 2 N–H and O–H groups in total. The number of rotatable bonds is 5. The van der Waals surface area contributed by atoms with Crippen LogP contribution in [0.15, 0.2) is 11.6 Å². The smallest absolute Gasteiger partial charge is 0.247 e. The molecule has 2 rings (SSSR count). The number of nitrogens with one attached hydrogen (secondary N) is 1. The Bertz CT molecular complexity index is 565. The highest BCUT2D eigenvalue weighted by Crippen LogP contribution is 2.14. The van der Waals surface area contributed by atoms with Crippen LogP contribution >= 0.6 is 11.3 Å². The van der Waals surface area contributed by atoms with Crippen molar-refractivity contribution in [3.8, 4) is 0 Å². The first-order valence-electron chi connectivity index (χ1n) is 5.88. The molecule has 0 radical (unpaired) electrons. The van der Waals surface area contributed by atoms with Gasteiger partial charge in [0.05, 0.1) is 18.0 Å². The molecule has 0 aromatic carbocycles. The van der Waals surface area contributed by atoms with Crippen molar-refractivity contribution in [3.63, 3.8) is 0 Å². The summed E-state index contributed by atoms with van der Waals surface area (Å²) in [7, 11) is 0. The molecule has 0 fully saturated rings. The highest BCUT2D eigenvalue weighted by atomic mass is 32.1. The molecule has 7 nitrogen and oxygen atoms in total. The molecule has 19 heavy (non-hydrogen) atoms. The fourth-order valence-corrected chi connectivity index (χ4v) is 2.17. The van der Waals surface area contributed by atoms with Crippen molar-refractivity contribution in [1.82, 2.24) is 20.0 Å². The van der Waals surface area contributed by atoms with Crippen molar-refractivity contribution in [2.24, 2.45) is 0 Å². The van der Waals surface area contributed by atoms with Crippen LogP contribution in [0.4, 0.5) is 5.13 Å². The Kier molecular flexibility index (Phi) is 4.23. The van der Waals surface area contributed by atoms with Crippen LogP contribution < -0.4 is 5.32 Å². The number of nitrogens with zero attached hydrogens (tertiary/aromatic N) is 4. The Morgan fingerprint density at radius 1 is 1.63 bits per heavy atom. The number of thiazole rings is 1. The van der Waals surface area contributed by atoms with Gasteiger partial charge in [0.15, 0.2) is 5.13 Å². The molecule has 0 bridgehead atoms. The van der Waals surface area contributed by atoms with Crippen LogP contribution in [0.5, 0.6) is 0 Å². The second-order valence-electron chi connectivity index (χ2n) is 4.11. The lowest BCUT2D eigenvalue weighted by atomic mass is 10.2. The van der Waals surface area contributed by atoms with E-state index in [1.165, 1.54) is 16.0 Å². The third-order valence-electron chi connectivity index (χ3n) is 2.46. The zero-order valence-corrected chi connectivity index (χ0v) is 11.5. The van der Waals surface area contributed by atoms with Gasteiger partial charge < -0.3 is 10.4 Å². The number of carbonyl (C=O) groups is 1. The minimum absolute atomic E-state index is 0.0437. The summed E-state index contributed by atoms with van der Waals surface area (Å²) in [6, 6.07) is 0. The van der Waals surface area contributed by atoms with E-state index >= 15 is 0 Å². The molecule has 8 heteroatoms. The van der Waals surface area contributed by atoms with E-state index in [0.717, 1.165) is 5.69 Å². The lowest BCUT2D eigenvalue weighted by Crippen LogP contribution is -2.19. The van der Waals surface area contributed by atoms with E-state index in [-0.39, 0.29) is 12.5 Å². The molecule has 2 aromatic rings. The van der Waals surface area contributed by atoms with Crippen molar-refractivity contribution in [3.05, 3.63) is 23.0 Å². The van der Waals surface area contributed by atoms with E-state index in [2.05, 4.69) is 20.6 Å². The average molecular weight is 281 g/mol. The number of aryl methyl sites for hydroxylation is 1. The second-order valence-corrected chi connectivity index (χ2v) is 4.97. The monoisotopic (exact) mass is 281 g/mol. The molecule has 2 aromatic heterocycles. The number of hydrogen-bond donors (Lipinski definition) is 2. The van der Waals surface area contributed by atoms with E-state index in [4.69, 9.17) is 0 Å². The van der Waals surface area contributed by atoms with E-state index in [9.17, 15) is 9.90 Å². The molecule has 0 spiro atoms. The Morgan fingerprint density at radius 2 is 2.42 bits per heavy atom. The molecule has 0 aliphatic heterocycles. The Labute approximate surface area is 114 Å². The first-order chi connectivity index (χ1) is 9.08. The lowest BCUT2D eigenvalue weighted by Gasteiger charge is -2.02. The van der Waals surface area contributed by atoms with Crippen LogP contribution in [0.25, 0.3) is 0 Å². The van der Waals surface area contributed by atoms with Crippen LogP contribution in [-0.4, -0.2) is 31.0 Å². The molecule has 0 aliphatic rings. The number of carbonyl (C=O) groups excluding carboxylic acids is 1. The van der Waals surface area contributed by atoms with Gasteiger partial charge in [0, 0.05) is 5.38 Å². The summed E-state index contributed by atoms with van der Waals surface area (Å²) in [6.07, 6.45) is 1.49. The van der Waals surface area contributed by atoms with Crippen LogP contribution in [0, 0.1) is 6.92 Å². The number of amides is 1. The molecule has 1 atom stereocenters. The van der Waals surface area contributed by atoms with Crippen molar-refractivity contribution in [2.75, 3.05) is 5.32 Å². The lowest BCUT2D eigenvalue weighted by molar-refractivity contribution is -0.116. The summed E-state index contributed by atoms with van der Waals surface area (Å²) in [5.41, 5.74) is 1.34. The fraction of sp³-hybridized carbons (Fsp3) is 0.455. The van der Waals surface area contributed by atoms with Gasteiger partial charge in [-0.05, 0) is 13.3 Å². The molecule has 0 saturated heterocycles. The van der Waals surface area contributed by atoms with E-state index in [1.807, 2.05) is 19.2 Å². The van der Waals surface area contributed by atoms with Gasteiger partial charge in [0.1, 0.15) is 12.2 Å². The zero-order valence-electron chi connectivity index (χ0n) is 10.7. The van der Waals surface area contributed by atoms with Gasteiger partial charge in [-0.15, -0.1) is 16.4 Å². The standard InChI is InChI=1S/C11H15N5O2S/c1-3-9(17)8-4-16(15-14-8)5-10(18)13-11-12-7(2)6-19-11/h4,6,9,17H,3,5H2,1-2H3,(H,12,13,18). The van der Waals surface area contributed by atoms with Crippen molar-refractivity contribution in [2.45, 2.75) is 32.9 Å². The molecule has 0 saturated carbocycles. The minimum atomic E-state index is -0.640. The first kappa shape index (κ1) is 13.6. The van der Waals surface area contributed by atoms with Gasteiger partial charge in [-0.25, -0.2) is 9.67 Å². The Hall–Kier alpha value is -1.80. The second kappa shape index (κ2) is 5.89. The Balaban J connectivity index is 1.93. The van der Waals surface area contributed by atoms with E-state index < -0.39 is 6.10 Å². The quantitative estimate of drug-likeness (QED) is 0.856.